The molecule has 290 valence electrons. The Morgan fingerprint density at radius 3 is 2.38 bits per heavy atom. The Labute approximate surface area is 335 Å². The molecule has 4 aromatic carbocycles. The summed E-state index contributed by atoms with van der Waals surface area (Å²) >= 11 is 3.77. The normalized spacial score (nSPS) is 24.6. The van der Waals surface area contributed by atoms with Gasteiger partial charge in [-0.15, -0.1) is 13.2 Å². The second-order valence-corrected chi connectivity index (χ2v) is 15.8. The lowest BCUT2D eigenvalue weighted by molar-refractivity contribution is -0.160. The number of anilines is 1. The average Bonchev–Trinajstić information content (AvgIpc) is 3.83. The van der Waals surface area contributed by atoms with Crippen LogP contribution in [-0.4, -0.2) is 82.0 Å². The molecule has 56 heavy (non-hydrogen) atoms. The predicted octanol–water partition coefficient (Wildman–Crippen LogP) is 6.08. The van der Waals surface area contributed by atoms with E-state index in [-0.39, 0.29) is 43.1 Å². The van der Waals surface area contributed by atoms with Crippen LogP contribution in [0.1, 0.15) is 36.5 Å². The van der Waals surface area contributed by atoms with Gasteiger partial charge in [-0.25, -0.2) is 0 Å². The van der Waals surface area contributed by atoms with Gasteiger partial charge in [-0.2, -0.15) is 0 Å². The van der Waals surface area contributed by atoms with Crippen molar-refractivity contribution < 1.29 is 33.8 Å². The molecule has 0 saturated carbocycles. The molecule has 1 spiro atoms. The number of hydrogen-bond donors (Lipinski definition) is 2. The van der Waals surface area contributed by atoms with Crippen LogP contribution in [0.2, 0.25) is 0 Å². The number of halogens is 1. The summed E-state index contributed by atoms with van der Waals surface area (Å²) < 4.78 is 13.1. The van der Waals surface area contributed by atoms with Crippen molar-refractivity contribution in [3.05, 3.63) is 140 Å². The molecule has 0 radical (unpaired) electrons. The average molecular weight is 821 g/mol. The summed E-state index contributed by atoms with van der Waals surface area (Å²) in [6.45, 7) is 7.36. The Morgan fingerprint density at radius 1 is 0.982 bits per heavy atom. The summed E-state index contributed by atoms with van der Waals surface area (Å²) in [5.41, 5.74) is 0.741. The molecule has 3 fully saturated rings. The van der Waals surface area contributed by atoms with Crippen molar-refractivity contribution in [2.45, 2.75) is 60.4 Å². The van der Waals surface area contributed by atoms with E-state index in [1.165, 1.54) is 4.90 Å². The first-order chi connectivity index (χ1) is 27.2. The molecular formula is C45H46BrN3O7. The largest absolute Gasteiger partial charge is 0.455 e. The lowest BCUT2D eigenvalue weighted by Gasteiger charge is -2.39. The number of rotatable bonds is 16. The molecule has 4 aromatic rings. The molecule has 3 saturated heterocycles. The number of aliphatic hydroxyl groups excluding tert-OH is 1. The quantitative estimate of drug-likeness (QED) is 0.0799. The van der Waals surface area contributed by atoms with Crippen molar-refractivity contribution in [2.75, 3.05) is 24.6 Å². The highest BCUT2D eigenvalue weighted by atomic mass is 79.9. The van der Waals surface area contributed by atoms with Gasteiger partial charge >= 0.3 is 5.97 Å². The van der Waals surface area contributed by atoms with E-state index in [0.717, 1.165) is 16.3 Å². The number of ether oxygens (including phenoxy) is 2. The van der Waals surface area contributed by atoms with Gasteiger partial charge in [-0.1, -0.05) is 119 Å². The number of aliphatic hydroxyl groups is 1. The predicted molar refractivity (Wildman–Crippen MR) is 218 cm³/mol. The molecule has 2 N–H and O–H groups in total. The number of allylic oxidation sites excluding steroid dienone is 1. The molecule has 0 aliphatic carbocycles. The van der Waals surface area contributed by atoms with Gasteiger partial charge in [0, 0.05) is 23.5 Å². The molecule has 3 heterocycles. The molecule has 11 heteroatoms. The Morgan fingerprint density at radius 2 is 1.68 bits per heavy atom. The Balaban J connectivity index is 1.27. The van der Waals surface area contributed by atoms with Crippen molar-refractivity contribution >= 4 is 56.1 Å². The van der Waals surface area contributed by atoms with Gasteiger partial charge < -0.3 is 29.7 Å². The topological polar surface area (TPSA) is 125 Å². The molecule has 3 amide bonds. The maximum Gasteiger partial charge on any atom is 0.313 e. The number of fused-ring (bicyclic) bond motifs is 2. The number of nitrogens with zero attached hydrogens (tertiary/aromatic N) is 2. The van der Waals surface area contributed by atoms with E-state index >= 15 is 9.59 Å². The van der Waals surface area contributed by atoms with E-state index in [1.807, 2.05) is 103 Å². The molecule has 0 aromatic heterocycles. The zero-order chi connectivity index (χ0) is 39.4. The van der Waals surface area contributed by atoms with E-state index in [1.54, 1.807) is 17.1 Å². The lowest BCUT2D eigenvalue weighted by Crippen LogP contribution is -2.59. The van der Waals surface area contributed by atoms with E-state index in [0.29, 0.717) is 17.7 Å². The van der Waals surface area contributed by atoms with Crippen LogP contribution in [0.15, 0.2) is 128 Å². The summed E-state index contributed by atoms with van der Waals surface area (Å²) in [5, 5.41) is 15.8. The van der Waals surface area contributed by atoms with Crippen LogP contribution in [0.3, 0.4) is 0 Å². The van der Waals surface area contributed by atoms with Crippen molar-refractivity contribution in [3.63, 3.8) is 0 Å². The van der Waals surface area contributed by atoms with Gasteiger partial charge in [-0.3, -0.25) is 19.2 Å². The minimum atomic E-state index is -1.42. The SMILES string of the molecule is C=CCCC(=O)NC[C@@H](OC(=O)[C@@H]1[C@H]2O[C@@]3(CC2Br)[C@H](C(=O)N(CC=C)c2ccc4ccccc4c2)N([C@@H](CO)Cc2ccccc2)C(=O)[C@@H]13)c1ccccc1. The molecular weight excluding hydrogens is 774 g/mol. The highest BCUT2D eigenvalue weighted by Crippen LogP contribution is 2.61. The van der Waals surface area contributed by atoms with Gasteiger partial charge in [0.1, 0.15) is 17.7 Å². The number of alkyl halides is 1. The molecule has 3 aliphatic heterocycles. The summed E-state index contributed by atoms with van der Waals surface area (Å²) in [4.78, 5) is 60.3. The standard InChI is InChI=1S/C45H46BrN3O7/c1-3-5-20-37(51)47-27-36(31-17-10-7-11-18-31)55-44(54)38-39-42(52)49(34(28-50)24-29-14-8-6-9-15-29)41(45(39)26-35(46)40(38)56-45)43(53)48(23-4-2)33-22-21-30-16-12-13-19-32(30)25-33/h3-4,6-19,21-22,25,34-36,38-41,50H,1-2,5,20,23-24,26-28H2,(H,47,51)/t34-,35?,36-,38+,39-,40+,41+,45-/m1/s1. The smallest absolute Gasteiger partial charge is 0.313 e. The third-order valence-corrected chi connectivity index (χ3v) is 12.1. The molecule has 10 nitrogen and oxygen atoms in total. The third-order valence-electron chi connectivity index (χ3n) is 11.3. The number of amides is 3. The van der Waals surface area contributed by atoms with Crippen LogP contribution in [0.5, 0.6) is 0 Å². The number of esters is 1. The number of nitrogens with one attached hydrogen (secondary N) is 1. The van der Waals surface area contributed by atoms with Crippen molar-refractivity contribution in [2.24, 2.45) is 11.8 Å². The second-order valence-electron chi connectivity index (χ2n) is 14.7. The van der Waals surface area contributed by atoms with Gasteiger partial charge in [0.15, 0.2) is 0 Å². The number of benzene rings is 4. The third kappa shape index (κ3) is 7.43. The summed E-state index contributed by atoms with van der Waals surface area (Å²) in [7, 11) is 0. The fourth-order valence-electron chi connectivity index (χ4n) is 8.73. The monoisotopic (exact) mass is 819 g/mol. The van der Waals surface area contributed by atoms with Crippen LogP contribution in [0.4, 0.5) is 5.69 Å². The number of likely N-dealkylation sites (tertiary alicyclic amines) is 1. The van der Waals surface area contributed by atoms with Crippen LogP contribution in [0, 0.1) is 11.8 Å². The fraction of sp³-hybridized carbons (Fsp3) is 0.333. The van der Waals surface area contributed by atoms with Gasteiger partial charge in [0.25, 0.3) is 5.91 Å². The van der Waals surface area contributed by atoms with Gasteiger partial charge in [0.2, 0.25) is 11.8 Å². The van der Waals surface area contributed by atoms with Crippen LogP contribution in [-0.2, 0) is 35.1 Å². The zero-order valence-corrected chi connectivity index (χ0v) is 32.6. The first kappa shape index (κ1) is 39.1. The Hall–Kier alpha value is -5.10. The molecule has 8 atom stereocenters. The maximum atomic E-state index is 15.3. The van der Waals surface area contributed by atoms with Crippen LogP contribution < -0.4 is 10.2 Å². The maximum absolute atomic E-state index is 15.3. The lowest BCUT2D eigenvalue weighted by atomic mass is 9.70. The first-order valence-electron chi connectivity index (χ1n) is 19.0. The number of hydrogen-bond acceptors (Lipinski definition) is 7. The summed E-state index contributed by atoms with van der Waals surface area (Å²) in [6.07, 6.45) is 2.95. The Bertz CT molecular complexity index is 2100. The fourth-order valence-corrected chi connectivity index (χ4v) is 9.68. The van der Waals surface area contributed by atoms with E-state index in [4.69, 9.17) is 9.47 Å². The van der Waals surface area contributed by atoms with E-state index < -0.39 is 66.1 Å². The zero-order valence-electron chi connectivity index (χ0n) is 31.0. The number of carbonyl (C=O) groups is 4. The summed E-state index contributed by atoms with van der Waals surface area (Å²) in [6, 6.07) is 30.2. The molecule has 7 rings (SSSR count). The van der Waals surface area contributed by atoms with Crippen molar-refractivity contribution in [1.82, 2.24) is 10.2 Å². The highest BCUT2D eigenvalue weighted by Gasteiger charge is 2.77. The van der Waals surface area contributed by atoms with E-state index in [9.17, 15) is 14.7 Å². The molecule has 3 aliphatic rings. The Kier molecular flexibility index (Phi) is 11.8. The van der Waals surface area contributed by atoms with Crippen LogP contribution >= 0.6 is 15.9 Å². The minimum Gasteiger partial charge on any atom is -0.455 e. The molecule has 1 unspecified atom stereocenters. The van der Waals surface area contributed by atoms with Gasteiger partial charge in [-0.05, 0) is 53.3 Å². The van der Waals surface area contributed by atoms with Crippen molar-refractivity contribution in [3.8, 4) is 0 Å². The first-order valence-corrected chi connectivity index (χ1v) is 19.9. The summed E-state index contributed by atoms with van der Waals surface area (Å²) in [5.74, 6) is -3.88. The minimum absolute atomic E-state index is 0.0185. The second kappa shape index (κ2) is 17.0. The number of carbonyl (C=O) groups excluding carboxylic acids is 4. The highest BCUT2D eigenvalue weighted by molar-refractivity contribution is 9.09. The van der Waals surface area contributed by atoms with E-state index in [2.05, 4.69) is 34.4 Å². The molecule has 2 bridgehead atoms. The van der Waals surface area contributed by atoms with Crippen molar-refractivity contribution in [1.29, 1.82) is 0 Å². The van der Waals surface area contributed by atoms with Crippen LogP contribution in [0.25, 0.3) is 10.8 Å². The van der Waals surface area contributed by atoms with Gasteiger partial charge in [0.05, 0.1) is 37.1 Å².